The lowest BCUT2D eigenvalue weighted by atomic mass is 10.0. The van der Waals surface area contributed by atoms with Crippen molar-refractivity contribution in [3.8, 4) is 17.0 Å². The first-order valence-corrected chi connectivity index (χ1v) is 11.2. The number of carbonyl (C=O) groups excluding carboxylic acids is 1. The van der Waals surface area contributed by atoms with E-state index in [2.05, 4.69) is 45.9 Å². The van der Waals surface area contributed by atoms with Gasteiger partial charge in [0.05, 0.1) is 19.3 Å². The van der Waals surface area contributed by atoms with E-state index in [1.807, 2.05) is 35.0 Å². The fourth-order valence-electron chi connectivity index (χ4n) is 4.57. The average molecular weight is 432 g/mol. The molecule has 3 aromatic rings. The van der Waals surface area contributed by atoms with Crippen molar-refractivity contribution in [3.05, 3.63) is 71.9 Å². The van der Waals surface area contributed by atoms with Gasteiger partial charge in [0.1, 0.15) is 17.6 Å². The van der Waals surface area contributed by atoms with E-state index in [1.54, 1.807) is 7.11 Å². The zero-order valence-electron chi connectivity index (χ0n) is 18.3. The number of piperidine rings is 1. The third-order valence-corrected chi connectivity index (χ3v) is 6.37. The fourth-order valence-corrected chi connectivity index (χ4v) is 4.57. The van der Waals surface area contributed by atoms with Crippen LogP contribution < -0.4 is 15.4 Å². The molecule has 0 radical (unpaired) electrons. The Labute approximate surface area is 188 Å². The average Bonchev–Trinajstić information content (AvgIpc) is 3.30. The summed E-state index contributed by atoms with van der Waals surface area (Å²) in [6.07, 6.45) is 2.12. The zero-order chi connectivity index (χ0) is 21.9. The number of carbonyl (C=O) groups is 1. The van der Waals surface area contributed by atoms with Crippen molar-refractivity contribution in [1.82, 2.24) is 25.3 Å². The van der Waals surface area contributed by atoms with E-state index in [1.165, 1.54) is 5.56 Å². The topological polar surface area (TPSA) is 71.4 Å². The predicted molar refractivity (Wildman–Crippen MR) is 123 cm³/mol. The van der Waals surface area contributed by atoms with Gasteiger partial charge in [0, 0.05) is 18.2 Å². The van der Waals surface area contributed by atoms with Gasteiger partial charge in [-0.25, -0.2) is 4.68 Å². The summed E-state index contributed by atoms with van der Waals surface area (Å²) >= 11 is 0. The number of benzene rings is 2. The number of nitrogens with one attached hydrogen (secondary N) is 2. The molecule has 3 heterocycles. The highest BCUT2D eigenvalue weighted by Gasteiger charge is 2.30. The lowest BCUT2D eigenvalue weighted by Crippen LogP contribution is -2.50. The number of methoxy groups -OCH3 is 1. The molecule has 5 rings (SSSR count). The summed E-state index contributed by atoms with van der Waals surface area (Å²) in [5.74, 6) is 0.724. The van der Waals surface area contributed by atoms with E-state index in [4.69, 9.17) is 9.84 Å². The van der Waals surface area contributed by atoms with E-state index in [0.717, 1.165) is 49.5 Å². The molecule has 2 aromatic carbocycles. The lowest BCUT2D eigenvalue weighted by Gasteiger charge is -2.36. The molecule has 0 bridgehead atoms. The first-order valence-electron chi connectivity index (χ1n) is 11.2. The number of fused-ring (bicyclic) bond motifs is 1. The van der Waals surface area contributed by atoms with Crippen LogP contribution in [0, 0.1) is 0 Å². The predicted octanol–water partition coefficient (Wildman–Crippen LogP) is 3.05. The van der Waals surface area contributed by atoms with Crippen LogP contribution in [0.15, 0.2) is 60.7 Å². The molecule has 2 N–H and O–H groups in total. The molecule has 0 saturated carbocycles. The molecule has 0 spiro atoms. The van der Waals surface area contributed by atoms with Crippen LogP contribution in [0.3, 0.4) is 0 Å². The number of ether oxygens (including phenoxy) is 1. The molecule has 1 atom stereocenters. The van der Waals surface area contributed by atoms with Crippen LogP contribution in [0.5, 0.6) is 5.75 Å². The molecule has 0 unspecified atom stereocenters. The zero-order valence-corrected chi connectivity index (χ0v) is 18.3. The summed E-state index contributed by atoms with van der Waals surface area (Å²) in [6, 6.07) is 20.7. The van der Waals surface area contributed by atoms with Crippen molar-refractivity contribution >= 4 is 5.91 Å². The number of hydrogen-bond acceptors (Lipinski definition) is 5. The number of aromatic nitrogens is 2. The van der Waals surface area contributed by atoms with E-state index < -0.39 is 0 Å². The molecule has 2 aliphatic heterocycles. The van der Waals surface area contributed by atoms with Crippen molar-refractivity contribution < 1.29 is 9.53 Å². The summed E-state index contributed by atoms with van der Waals surface area (Å²) in [7, 11) is 1.65. The van der Waals surface area contributed by atoms with E-state index in [-0.39, 0.29) is 12.1 Å². The van der Waals surface area contributed by atoms with Crippen LogP contribution in [0.4, 0.5) is 0 Å². The van der Waals surface area contributed by atoms with Gasteiger partial charge in [-0.2, -0.15) is 5.10 Å². The maximum absolute atomic E-state index is 12.5. The number of rotatable bonds is 6. The molecule has 1 aromatic heterocycles. The standard InChI is InChI=1S/C25H29N5O2/c1-32-21-9-7-19(8-10-21)22-15-23-25(31)26-16-24(30(23)28-22)27-20-11-13-29(14-12-20)17-18-5-3-2-4-6-18/h2-10,15,20,24,27H,11-14,16-17H2,1H3,(H,26,31)/t24-/m1/s1. The monoisotopic (exact) mass is 431 g/mol. The Morgan fingerprint density at radius 3 is 2.56 bits per heavy atom. The third kappa shape index (κ3) is 4.40. The van der Waals surface area contributed by atoms with Gasteiger partial charge < -0.3 is 10.1 Å². The normalized spacial score (nSPS) is 19.4. The molecule has 166 valence electrons. The SMILES string of the molecule is COc1ccc(-c2cc3n(n2)[C@@H](NC2CCN(Cc4ccccc4)CC2)CNC3=O)cc1. The Balaban J connectivity index is 1.24. The van der Waals surface area contributed by atoms with Crippen LogP contribution in [0.25, 0.3) is 11.3 Å². The molecular weight excluding hydrogens is 402 g/mol. The Morgan fingerprint density at radius 1 is 1.09 bits per heavy atom. The highest BCUT2D eigenvalue weighted by atomic mass is 16.5. The van der Waals surface area contributed by atoms with E-state index in [0.29, 0.717) is 18.3 Å². The van der Waals surface area contributed by atoms with Crippen LogP contribution in [-0.4, -0.2) is 53.4 Å². The van der Waals surface area contributed by atoms with Gasteiger partial charge in [-0.15, -0.1) is 0 Å². The van der Waals surface area contributed by atoms with Crippen molar-refractivity contribution in [2.75, 3.05) is 26.7 Å². The second kappa shape index (κ2) is 9.14. The molecule has 1 saturated heterocycles. The first-order chi connectivity index (χ1) is 15.7. The van der Waals surface area contributed by atoms with Gasteiger partial charge in [0.25, 0.3) is 5.91 Å². The minimum atomic E-state index is -0.0759. The Hall–Kier alpha value is -3.16. The van der Waals surface area contributed by atoms with Crippen molar-refractivity contribution in [2.45, 2.75) is 31.6 Å². The van der Waals surface area contributed by atoms with Gasteiger partial charge in [-0.1, -0.05) is 30.3 Å². The maximum atomic E-state index is 12.5. The molecule has 1 amide bonds. The van der Waals surface area contributed by atoms with Crippen molar-refractivity contribution in [3.63, 3.8) is 0 Å². The number of likely N-dealkylation sites (tertiary alicyclic amines) is 1. The number of amides is 1. The van der Waals surface area contributed by atoms with Gasteiger partial charge in [0.15, 0.2) is 0 Å². The van der Waals surface area contributed by atoms with Crippen LogP contribution in [0.1, 0.15) is 35.1 Å². The van der Waals surface area contributed by atoms with Crippen LogP contribution in [0.2, 0.25) is 0 Å². The molecule has 2 aliphatic rings. The second-order valence-electron chi connectivity index (χ2n) is 8.52. The van der Waals surface area contributed by atoms with E-state index >= 15 is 0 Å². The first kappa shape index (κ1) is 20.7. The smallest absolute Gasteiger partial charge is 0.269 e. The molecule has 0 aliphatic carbocycles. The molecule has 7 nitrogen and oxygen atoms in total. The molecule has 32 heavy (non-hydrogen) atoms. The van der Waals surface area contributed by atoms with Gasteiger partial charge in [-0.05, 0) is 61.8 Å². The number of nitrogens with zero attached hydrogens (tertiary/aromatic N) is 3. The van der Waals surface area contributed by atoms with Crippen LogP contribution in [-0.2, 0) is 6.54 Å². The Morgan fingerprint density at radius 2 is 1.84 bits per heavy atom. The second-order valence-corrected chi connectivity index (χ2v) is 8.52. The highest BCUT2D eigenvalue weighted by molar-refractivity contribution is 5.94. The fraction of sp³-hybridized carbons (Fsp3) is 0.360. The van der Waals surface area contributed by atoms with Crippen LogP contribution >= 0.6 is 0 Å². The Bertz CT molecular complexity index is 1060. The summed E-state index contributed by atoms with van der Waals surface area (Å²) < 4.78 is 7.10. The summed E-state index contributed by atoms with van der Waals surface area (Å²) in [6.45, 7) is 3.67. The quantitative estimate of drug-likeness (QED) is 0.628. The molecule has 7 heteroatoms. The highest BCUT2D eigenvalue weighted by Crippen LogP contribution is 2.25. The molecule has 1 fully saturated rings. The third-order valence-electron chi connectivity index (χ3n) is 6.37. The Kier molecular flexibility index (Phi) is 5.92. The van der Waals surface area contributed by atoms with Crippen molar-refractivity contribution in [1.29, 1.82) is 0 Å². The minimum absolute atomic E-state index is 0.0413. The van der Waals surface area contributed by atoms with Crippen molar-refractivity contribution in [2.24, 2.45) is 0 Å². The minimum Gasteiger partial charge on any atom is -0.497 e. The number of hydrogen-bond donors (Lipinski definition) is 2. The molecular formula is C25H29N5O2. The summed E-state index contributed by atoms with van der Waals surface area (Å²) in [5, 5.41) is 11.5. The lowest BCUT2D eigenvalue weighted by molar-refractivity contribution is 0.0887. The summed E-state index contributed by atoms with van der Waals surface area (Å²) in [5.41, 5.74) is 3.72. The summed E-state index contributed by atoms with van der Waals surface area (Å²) in [4.78, 5) is 15.0. The van der Waals surface area contributed by atoms with Gasteiger partial charge >= 0.3 is 0 Å². The van der Waals surface area contributed by atoms with Gasteiger partial charge in [-0.3, -0.25) is 15.0 Å². The maximum Gasteiger partial charge on any atom is 0.269 e. The van der Waals surface area contributed by atoms with Gasteiger partial charge in [0.2, 0.25) is 0 Å². The van der Waals surface area contributed by atoms with E-state index in [9.17, 15) is 4.79 Å². The largest absolute Gasteiger partial charge is 0.497 e.